The molecule has 0 spiro atoms. The first-order chi connectivity index (χ1) is 9.27. The maximum atomic E-state index is 6.26. The van der Waals surface area contributed by atoms with Crippen molar-refractivity contribution in [1.29, 1.82) is 0 Å². The molecular formula is C13H17ClN4O. The molecule has 5 nitrogen and oxygen atoms in total. The lowest BCUT2D eigenvalue weighted by molar-refractivity contribution is 0.182. The van der Waals surface area contributed by atoms with E-state index in [0.717, 1.165) is 11.4 Å². The van der Waals surface area contributed by atoms with Crippen LogP contribution in [0, 0.1) is 0 Å². The van der Waals surface area contributed by atoms with Gasteiger partial charge in [-0.15, -0.1) is 0 Å². The molecule has 0 aliphatic carbocycles. The third-order valence-corrected chi connectivity index (χ3v) is 3.18. The number of nitrogens with one attached hydrogen (secondary N) is 1. The number of methoxy groups -OCH3 is 1. The van der Waals surface area contributed by atoms with Crippen LogP contribution < -0.4 is 5.32 Å². The molecule has 0 saturated heterocycles. The topological polar surface area (TPSA) is 52.0 Å². The van der Waals surface area contributed by atoms with Gasteiger partial charge < -0.3 is 10.1 Å². The van der Waals surface area contributed by atoms with Crippen molar-refractivity contribution < 1.29 is 4.74 Å². The second-order valence-electron chi connectivity index (χ2n) is 4.07. The van der Waals surface area contributed by atoms with E-state index in [4.69, 9.17) is 16.3 Å². The van der Waals surface area contributed by atoms with Crippen LogP contribution in [-0.4, -0.2) is 35.5 Å². The SMILES string of the molecule is CNC(c1ccccn1)c1c(Cl)cnn1CCOC. The van der Waals surface area contributed by atoms with Crippen molar-refractivity contribution in [2.24, 2.45) is 0 Å². The minimum absolute atomic E-state index is 0.0898. The molecule has 1 atom stereocenters. The van der Waals surface area contributed by atoms with Gasteiger partial charge in [-0.3, -0.25) is 9.67 Å². The van der Waals surface area contributed by atoms with E-state index in [-0.39, 0.29) is 6.04 Å². The summed E-state index contributed by atoms with van der Waals surface area (Å²) in [6, 6.07) is 5.72. The molecule has 0 aliphatic rings. The van der Waals surface area contributed by atoms with Gasteiger partial charge in [-0.25, -0.2) is 0 Å². The number of hydrogen-bond donors (Lipinski definition) is 1. The Bertz CT molecular complexity index is 515. The average Bonchev–Trinajstić information content (AvgIpc) is 2.80. The van der Waals surface area contributed by atoms with Crippen molar-refractivity contribution in [1.82, 2.24) is 20.1 Å². The van der Waals surface area contributed by atoms with E-state index in [1.807, 2.05) is 29.9 Å². The van der Waals surface area contributed by atoms with Crippen LogP contribution in [0.4, 0.5) is 0 Å². The highest BCUT2D eigenvalue weighted by Gasteiger charge is 2.21. The fourth-order valence-electron chi connectivity index (χ4n) is 1.99. The first kappa shape index (κ1) is 14.0. The molecule has 0 radical (unpaired) electrons. The van der Waals surface area contributed by atoms with Gasteiger partial charge >= 0.3 is 0 Å². The van der Waals surface area contributed by atoms with Gasteiger partial charge in [0.25, 0.3) is 0 Å². The Balaban J connectivity index is 2.35. The van der Waals surface area contributed by atoms with E-state index in [9.17, 15) is 0 Å². The van der Waals surface area contributed by atoms with Gasteiger partial charge in [0.1, 0.15) is 0 Å². The zero-order valence-electron chi connectivity index (χ0n) is 11.0. The van der Waals surface area contributed by atoms with Gasteiger partial charge in [0.2, 0.25) is 0 Å². The zero-order valence-corrected chi connectivity index (χ0v) is 11.8. The van der Waals surface area contributed by atoms with Crippen molar-refractivity contribution in [3.63, 3.8) is 0 Å². The molecule has 2 rings (SSSR count). The standard InChI is InChI=1S/C13H17ClN4O/c1-15-12(11-5-3-4-6-16-11)13-10(14)9-17-18(13)7-8-19-2/h3-6,9,12,15H,7-8H2,1-2H3. The lowest BCUT2D eigenvalue weighted by Crippen LogP contribution is -2.23. The summed E-state index contributed by atoms with van der Waals surface area (Å²) in [7, 11) is 3.54. The summed E-state index contributed by atoms with van der Waals surface area (Å²) in [5.74, 6) is 0. The minimum Gasteiger partial charge on any atom is -0.383 e. The number of ether oxygens (including phenoxy) is 1. The van der Waals surface area contributed by atoms with Crippen molar-refractivity contribution in [2.45, 2.75) is 12.6 Å². The first-order valence-corrected chi connectivity index (χ1v) is 6.44. The second kappa shape index (κ2) is 6.65. The van der Waals surface area contributed by atoms with E-state index < -0.39 is 0 Å². The normalized spacial score (nSPS) is 12.6. The molecule has 0 fully saturated rings. The molecule has 102 valence electrons. The van der Waals surface area contributed by atoms with Gasteiger partial charge in [0.15, 0.2) is 0 Å². The van der Waals surface area contributed by atoms with Crippen LogP contribution in [0.5, 0.6) is 0 Å². The fourth-order valence-corrected chi connectivity index (χ4v) is 2.24. The van der Waals surface area contributed by atoms with Crippen LogP contribution in [-0.2, 0) is 11.3 Å². The number of halogens is 1. The molecule has 2 heterocycles. The molecule has 0 saturated carbocycles. The number of rotatable bonds is 6. The number of hydrogen-bond acceptors (Lipinski definition) is 4. The monoisotopic (exact) mass is 280 g/mol. The highest BCUT2D eigenvalue weighted by atomic mass is 35.5. The molecule has 19 heavy (non-hydrogen) atoms. The summed E-state index contributed by atoms with van der Waals surface area (Å²) in [6.07, 6.45) is 3.42. The van der Waals surface area contributed by atoms with Crippen molar-refractivity contribution in [2.75, 3.05) is 20.8 Å². The van der Waals surface area contributed by atoms with Crippen LogP contribution in [0.3, 0.4) is 0 Å². The lowest BCUT2D eigenvalue weighted by Gasteiger charge is -2.18. The highest BCUT2D eigenvalue weighted by Crippen LogP contribution is 2.26. The minimum atomic E-state index is -0.0898. The molecule has 6 heteroatoms. The predicted octanol–water partition coefficient (Wildman–Crippen LogP) is 1.89. The fraction of sp³-hybridized carbons (Fsp3) is 0.385. The third kappa shape index (κ3) is 3.12. The Labute approximate surface area is 117 Å². The molecule has 0 aliphatic heterocycles. The van der Waals surface area contributed by atoms with Gasteiger partial charge in [0.05, 0.1) is 41.8 Å². The van der Waals surface area contributed by atoms with E-state index in [1.165, 1.54) is 0 Å². The summed E-state index contributed by atoms with van der Waals surface area (Å²) in [6.45, 7) is 1.24. The summed E-state index contributed by atoms with van der Waals surface area (Å²) >= 11 is 6.26. The summed E-state index contributed by atoms with van der Waals surface area (Å²) in [5, 5.41) is 8.14. The summed E-state index contributed by atoms with van der Waals surface area (Å²) < 4.78 is 6.94. The van der Waals surface area contributed by atoms with Gasteiger partial charge in [-0.05, 0) is 19.2 Å². The Hall–Kier alpha value is -1.43. The smallest absolute Gasteiger partial charge is 0.0934 e. The molecule has 0 bridgehead atoms. The highest BCUT2D eigenvalue weighted by molar-refractivity contribution is 6.31. The molecule has 0 amide bonds. The lowest BCUT2D eigenvalue weighted by atomic mass is 10.1. The second-order valence-corrected chi connectivity index (χ2v) is 4.48. The van der Waals surface area contributed by atoms with Crippen LogP contribution in [0.25, 0.3) is 0 Å². The van der Waals surface area contributed by atoms with E-state index in [0.29, 0.717) is 18.2 Å². The van der Waals surface area contributed by atoms with Crippen LogP contribution in [0.15, 0.2) is 30.6 Å². The van der Waals surface area contributed by atoms with Crippen LogP contribution in [0.2, 0.25) is 5.02 Å². The molecular weight excluding hydrogens is 264 g/mol. The number of nitrogens with zero attached hydrogens (tertiary/aromatic N) is 3. The molecule has 2 aromatic heterocycles. The quantitative estimate of drug-likeness (QED) is 0.878. The van der Waals surface area contributed by atoms with E-state index in [2.05, 4.69) is 15.4 Å². The van der Waals surface area contributed by atoms with Crippen molar-refractivity contribution in [3.8, 4) is 0 Å². The maximum absolute atomic E-state index is 6.26. The molecule has 2 aromatic rings. The largest absolute Gasteiger partial charge is 0.383 e. The molecule has 1 N–H and O–H groups in total. The molecule has 0 aromatic carbocycles. The van der Waals surface area contributed by atoms with E-state index >= 15 is 0 Å². The van der Waals surface area contributed by atoms with Crippen molar-refractivity contribution >= 4 is 11.6 Å². The average molecular weight is 281 g/mol. The number of pyridine rings is 1. The van der Waals surface area contributed by atoms with Crippen LogP contribution >= 0.6 is 11.6 Å². The van der Waals surface area contributed by atoms with Gasteiger partial charge in [0, 0.05) is 13.3 Å². The zero-order chi connectivity index (χ0) is 13.7. The number of aromatic nitrogens is 3. The van der Waals surface area contributed by atoms with Crippen molar-refractivity contribution in [3.05, 3.63) is 47.0 Å². The predicted molar refractivity (Wildman–Crippen MR) is 74.3 cm³/mol. The Morgan fingerprint density at radius 1 is 1.47 bits per heavy atom. The van der Waals surface area contributed by atoms with Gasteiger partial charge in [-0.2, -0.15) is 5.10 Å². The van der Waals surface area contributed by atoms with Crippen LogP contribution in [0.1, 0.15) is 17.4 Å². The molecule has 1 unspecified atom stereocenters. The Morgan fingerprint density at radius 2 is 2.32 bits per heavy atom. The summed E-state index contributed by atoms with van der Waals surface area (Å²) in [4.78, 5) is 4.37. The maximum Gasteiger partial charge on any atom is 0.0934 e. The Morgan fingerprint density at radius 3 is 2.95 bits per heavy atom. The van der Waals surface area contributed by atoms with E-state index in [1.54, 1.807) is 19.5 Å². The first-order valence-electron chi connectivity index (χ1n) is 6.06. The van der Waals surface area contributed by atoms with Gasteiger partial charge in [-0.1, -0.05) is 17.7 Å². The summed E-state index contributed by atoms with van der Waals surface area (Å²) in [5.41, 5.74) is 1.81. The third-order valence-electron chi connectivity index (χ3n) is 2.89. The Kier molecular flexibility index (Phi) is 4.90.